The molecule has 0 radical (unpaired) electrons. The number of sulfone groups is 1. The molecule has 0 aliphatic carbocycles. The van der Waals surface area contributed by atoms with Crippen LogP contribution in [0.1, 0.15) is 13.3 Å². The molecule has 0 bridgehead atoms. The number of rotatable bonds is 4. The molecule has 0 heterocycles. The highest BCUT2D eigenvalue weighted by atomic mass is 32.2. The molecule has 17 heavy (non-hydrogen) atoms. The second-order valence-corrected chi connectivity index (χ2v) is 5.57. The maximum absolute atomic E-state index is 12.1. The van der Waals surface area contributed by atoms with E-state index in [1.54, 1.807) is 19.1 Å². The summed E-state index contributed by atoms with van der Waals surface area (Å²) in [6, 6.07) is 6.13. The van der Waals surface area contributed by atoms with Gasteiger partial charge in [0, 0.05) is 6.07 Å². The lowest BCUT2D eigenvalue weighted by Gasteiger charge is -2.12. The molecule has 1 aromatic rings. The van der Waals surface area contributed by atoms with Crippen molar-refractivity contribution in [2.75, 3.05) is 12.8 Å². The van der Waals surface area contributed by atoms with Gasteiger partial charge in [-0.2, -0.15) is 5.26 Å². The van der Waals surface area contributed by atoms with E-state index in [0.717, 1.165) is 0 Å². The van der Waals surface area contributed by atoms with Gasteiger partial charge < -0.3 is 10.5 Å². The molecule has 1 unspecified atom stereocenters. The maximum Gasteiger partial charge on any atom is 0.196 e. The predicted molar refractivity (Wildman–Crippen MR) is 64.3 cm³/mol. The van der Waals surface area contributed by atoms with Crippen molar-refractivity contribution in [1.82, 2.24) is 0 Å². The number of anilines is 1. The zero-order valence-electron chi connectivity index (χ0n) is 9.67. The van der Waals surface area contributed by atoms with Crippen molar-refractivity contribution in [2.24, 2.45) is 0 Å². The Kier molecular flexibility index (Phi) is 3.97. The van der Waals surface area contributed by atoms with E-state index < -0.39 is 15.1 Å². The van der Waals surface area contributed by atoms with Gasteiger partial charge in [-0.15, -0.1) is 0 Å². The minimum Gasteiger partial charge on any atom is -0.497 e. The SMILES string of the molecule is CCC(C#N)S(=O)(=O)c1cc(OC)ccc1N. The van der Waals surface area contributed by atoms with Crippen LogP contribution in [0.2, 0.25) is 0 Å². The summed E-state index contributed by atoms with van der Waals surface area (Å²) in [5.74, 6) is 0.394. The fourth-order valence-corrected chi connectivity index (χ4v) is 2.98. The standard InChI is InChI=1S/C11H14N2O3S/c1-3-9(7-12)17(14,15)11-6-8(16-2)4-5-10(11)13/h4-6,9H,3,13H2,1-2H3. The largest absolute Gasteiger partial charge is 0.497 e. The first kappa shape index (κ1) is 13.3. The summed E-state index contributed by atoms with van der Waals surface area (Å²) in [7, 11) is -2.30. The minimum atomic E-state index is -3.73. The van der Waals surface area contributed by atoms with Crippen molar-refractivity contribution < 1.29 is 13.2 Å². The third kappa shape index (κ3) is 2.50. The van der Waals surface area contributed by atoms with E-state index in [4.69, 9.17) is 15.7 Å². The third-order valence-corrected chi connectivity index (χ3v) is 4.57. The molecule has 0 aliphatic heterocycles. The Balaban J connectivity index is 3.38. The van der Waals surface area contributed by atoms with E-state index in [1.165, 1.54) is 19.2 Å². The van der Waals surface area contributed by atoms with Gasteiger partial charge in [-0.3, -0.25) is 0 Å². The topological polar surface area (TPSA) is 93.2 Å². The molecule has 5 nitrogen and oxygen atoms in total. The fourth-order valence-electron chi connectivity index (χ4n) is 1.42. The van der Waals surface area contributed by atoms with Crippen molar-refractivity contribution in [2.45, 2.75) is 23.5 Å². The second-order valence-electron chi connectivity index (χ2n) is 3.47. The van der Waals surface area contributed by atoms with Crippen LogP contribution in [0, 0.1) is 11.3 Å². The Hall–Kier alpha value is -1.74. The van der Waals surface area contributed by atoms with E-state index in [9.17, 15) is 8.42 Å². The van der Waals surface area contributed by atoms with Gasteiger partial charge in [-0.05, 0) is 18.6 Å². The van der Waals surface area contributed by atoms with E-state index >= 15 is 0 Å². The number of hydrogen-bond acceptors (Lipinski definition) is 5. The van der Waals surface area contributed by atoms with E-state index in [0.29, 0.717) is 5.75 Å². The van der Waals surface area contributed by atoms with Gasteiger partial charge in [-0.1, -0.05) is 6.92 Å². The molecular formula is C11H14N2O3S. The second kappa shape index (κ2) is 5.06. The summed E-state index contributed by atoms with van der Waals surface area (Å²) in [5.41, 5.74) is 5.76. The number of methoxy groups -OCH3 is 1. The molecule has 1 aromatic carbocycles. The summed E-state index contributed by atoms with van der Waals surface area (Å²) in [4.78, 5) is -0.0507. The molecule has 0 fully saturated rings. The van der Waals surface area contributed by atoms with Crippen LogP contribution < -0.4 is 10.5 Å². The van der Waals surface area contributed by atoms with Gasteiger partial charge in [0.2, 0.25) is 0 Å². The molecule has 0 spiro atoms. The molecule has 0 saturated carbocycles. The average molecular weight is 254 g/mol. The van der Waals surface area contributed by atoms with Crippen LogP contribution in [-0.4, -0.2) is 20.8 Å². The summed E-state index contributed by atoms with van der Waals surface area (Å²) in [6.45, 7) is 1.64. The molecule has 0 saturated heterocycles. The third-order valence-electron chi connectivity index (χ3n) is 2.42. The highest BCUT2D eigenvalue weighted by molar-refractivity contribution is 7.92. The predicted octanol–water partition coefficient (Wildman–Crippen LogP) is 1.35. The van der Waals surface area contributed by atoms with Crippen molar-refractivity contribution >= 4 is 15.5 Å². The van der Waals surface area contributed by atoms with Crippen molar-refractivity contribution in [1.29, 1.82) is 5.26 Å². The Morgan fingerprint density at radius 3 is 2.65 bits per heavy atom. The molecule has 1 atom stereocenters. The molecule has 0 amide bonds. The number of nitrogens with two attached hydrogens (primary N) is 1. The van der Waals surface area contributed by atoms with Gasteiger partial charge in [-0.25, -0.2) is 8.42 Å². The summed E-state index contributed by atoms with van der Waals surface area (Å²) in [5, 5.41) is 7.75. The molecule has 0 aliphatic rings. The van der Waals surface area contributed by atoms with Crippen LogP contribution in [0.5, 0.6) is 5.75 Å². The maximum atomic E-state index is 12.1. The molecular weight excluding hydrogens is 240 g/mol. The van der Waals surface area contributed by atoms with Crippen molar-refractivity contribution in [3.05, 3.63) is 18.2 Å². The van der Waals surface area contributed by atoms with Gasteiger partial charge in [0.15, 0.2) is 15.1 Å². The van der Waals surface area contributed by atoms with E-state index in [2.05, 4.69) is 0 Å². The Morgan fingerprint density at radius 2 is 2.18 bits per heavy atom. The number of hydrogen-bond donors (Lipinski definition) is 1. The van der Waals surface area contributed by atoms with E-state index in [-0.39, 0.29) is 17.0 Å². The van der Waals surface area contributed by atoms with E-state index in [1.807, 2.05) is 0 Å². The average Bonchev–Trinajstić information content (AvgIpc) is 2.30. The van der Waals surface area contributed by atoms with Gasteiger partial charge in [0.05, 0.1) is 23.8 Å². The van der Waals surface area contributed by atoms with Gasteiger partial charge >= 0.3 is 0 Å². The molecule has 1 rings (SSSR count). The monoisotopic (exact) mass is 254 g/mol. The van der Waals surface area contributed by atoms with Crippen LogP contribution in [0.4, 0.5) is 5.69 Å². The Morgan fingerprint density at radius 1 is 1.53 bits per heavy atom. The van der Waals surface area contributed by atoms with Crippen LogP contribution in [0.15, 0.2) is 23.1 Å². The van der Waals surface area contributed by atoms with Crippen LogP contribution >= 0.6 is 0 Å². The first-order valence-electron chi connectivity index (χ1n) is 5.04. The highest BCUT2D eigenvalue weighted by Crippen LogP contribution is 2.27. The van der Waals surface area contributed by atoms with Gasteiger partial charge in [0.1, 0.15) is 5.75 Å². The van der Waals surface area contributed by atoms with Crippen LogP contribution in [-0.2, 0) is 9.84 Å². The molecule has 2 N–H and O–H groups in total. The zero-order valence-corrected chi connectivity index (χ0v) is 10.5. The number of nitrogen functional groups attached to an aromatic ring is 1. The van der Waals surface area contributed by atoms with Crippen molar-refractivity contribution in [3.63, 3.8) is 0 Å². The van der Waals surface area contributed by atoms with Crippen LogP contribution in [0.25, 0.3) is 0 Å². The Bertz CT molecular complexity index is 546. The summed E-state index contributed by atoms with van der Waals surface area (Å²) in [6.07, 6.45) is 0.218. The van der Waals surface area contributed by atoms with Crippen molar-refractivity contribution in [3.8, 4) is 11.8 Å². The molecule has 6 heteroatoms. The number of nitriles is 1. The lowest BCUT2D eigenvalue weighted by molar-refractivity contribution is 0.413. The first-order chi connectivity index (χ1) is 7.97. The van der Waals surface area contributed by atoms with Crippen LogP contribution in [0.3, 0.4) is 0 Å². The Labute approximate surface area is 101 Å². The first-order valence-corrected chi connectivity index (χ1v) is 6.59. The number of benzene rings is 1. The molecule has 0 aromatic heterocycles. The summed E-state index contributed by atoms with van der Waals surface area (Å²) < 4.78 is 29.2. The lowest BCUT2D eigenvalue weighted by Crippen LogP contribution is -2.20. The number of nitrogens with zero attached hydrogens (tertiary/aromatic N) is 1. The number of ether oxygens (including phenoxy) is 1. The van der Waals surface area contributed by atoms with Gasteiger partial charge in [0.25, 0.3) is 0 Å². The normalized spacial score (nSPS) is 12.8. The minimum absolute atomic E-state index is 0.0507. The molecule has 92 valence electrons. The quantitative estimate of drug-likeness (QED) is 0.819. The highest BCUT2D eigenvalue weighted by Gasteiger charge is 2.28. The zero-order chi connectivity index (χ0) is 13.1. The smallest absolute Gasteiger partial charge is 0.196 e. The fraction of sp³-hybridized carbons (Fsp3) is 0.364. The summed E-state index contributed by atoms with van der Waals surface area (Å²) >= 11 is 0. The lowest BCUT2D eigenvalue weighted by atomic mass is 10.3.